The molecule has 0 aromatic carbocycles. The van der Waals surface area contributed by atoms with Crippen LogP contribution < -0.4 is 5.56 Å². The number of fused-ring (bicyclic) bond motifs is 1. The zero-order chi connectivity index (χ0) is 12.5. The summed E-state index contributed by atoms with van der Waals surface area (Å²) in [5, 5.41) is 0. The van der Waals surface area contributed by atoms with Gasteiger partial charge >= 0.3 is 0 Å². The van der Waals surface area contributed by atoms with Crippen molar-refractivity contribution in [1.82, 2.24) is 14.9 Å². The molecule has 3 rings (SSSR count). The highest BCUT2D eigenvalue weighted by Crippen LogP contribution is 2.18. The smallest absolute Gasteiger partial charge is 0.254 e. The van der Waals surface area contributed by atoms with Gasteiger partial charge in [-0.25, -0.2) is 4.98 Å². The van der Waals surface area contributed by atoms with Crippen molar-refractivity contribution < 1.29 is 4.42 Å². The Morgan fingerprint density at radius 3 is 3.17 bits per heavy atom. The molecule has 0 amide bonds. The van der Waals surface area contributed by atoms with Crippen molar-refractivity contribution in [3.8, 4) is 11.6 Å². The molecule has 0 saturated heterocycles. The summed E-state index contributed by atoms with van der Waals surface area (Å²) in [7, 11) is 0. The third-order valence-corrected chi connectivity index (χ3v) is 3.35. The summed E-state index contributed by atoms with van der Waals surface area (Å²) < 4.78 is 5.27. The number of nitrogens with zero attached hydrogens (tertiary/aromatic N) is 2. The van der Waals surface area contributed by atoms with E-state index in [-0.39, 0.29) is 5.56 Å². The number of aromatic amines is 1. The molecule has 0 spiro atoms. The SMILES string of the molecule is CCN1CCc2c(nc(-c3ccco3)[nH]c2=O)C1. The molecule has 94 valence electrons. The number of nitrogens with one attached hydrogen (secondary N) is 1. The normalized spacial score (nSPS) is 15.6. The lowest BCUT2D eigenvalue weighted by atomic mass is 10.1. The van der Waals surface area contributed by atoms with E-state index in [0.29, 0.717) is 11.6 Å². The van der Waals surface area contributed by atoms with Gasteiger partial charge in [-0.3, -0.25) is 9.69 Å². The van der Waals surface area contributed by atoms with Crippen molar-refractivity contribution in [2.45, 2.75) is 19.9 Å². The number of aromatic nitrogens is 2. The average molecular weight is 245 g/mol. The molecule has 0 fully saturated rings. The van der Waals surface area contributed by atoms with Crippen LogP contribution in [0.3, 0.4) is 0 Å². The van der Waals surface area contributed by atoms with Gasteiger partial charge in [-0.2, -0.15) is 0 Å². The van der Waals surface area contributed by atoms with Gasteiger partial charge < -0.3 is 9.40 Å². The van der Waals surface area contributed by atoms with Gasteiger partial charge in [-0.1, -0.05) is 6.92 Å². The van der Waals surface area contributed by atoms with Crippen LogP contribution in [-0.2, 0) is 13.0 Å². The largest absolute Gasteiger partial charge is 0.461 e. The number of likely N-dealkylation sites (N-methyl/N-ethyl adjacent to an activating group) is 1. The zero-order valence-electron chi connectivity index (χ0n) is 10.3. The Kier molecular flexibility index (Phi) is 2.76. The van der Waals surface area contributed by atoms with Gasteiger partial charge in [-0.05, 0) is 25.1 Å². The molecule has 2 aromatic rings. The van der Waals surface area contributed by atoms with Crippen LogP contribution in [0.25, 0.3) is 11.6 Å². The minimum Gasteiger partial charge on any atom is -0.461 e. The van der Waals surface area contributed by atoms with E-state index < -0.39 is 0 Å². The van der Waals surface area contributed by atoms with E-state index in [2.05, 4.69) is 21.8 Å². The van der Waals surface area contributed by atoms with Crippen molar-refractivity contribution in [2.75, 3.05) is 13.1 Å². The van der Waals surface area contributed by atoms with Gasteiger partial charge in [0.05, 0.1) is 12.0 Å². The lowest BCUT2D eigenvalue weighted by molar-refractivity contribution is 0.262. The molecule has 18 heavy (non-hydrogen) atoms. The Morgan fingerprint density at radius 2 is 2.44 bits per heavy atom. The standard InChI is InChI=1S/C13H15N3O2/c1-2-16-6-5-9-10(8-16)14-12(15-13(9)17)11-4-3-7-18-11/h3-4,7H,2,5-6,8H2,1H3,(H,14,15,17). The second-order valence-corrected chi connectivity index (χ2v) is 4.44. The van der Waals surface area contributed by atoms with E-state index in [1.807, 2.05) is 0 Å². The maximum atomic E-state index is 12.0. The third kappa shape index (κ3) is 1.86. The minimum atomic E-state index is -0.0397. The van der Waals surface area contributed by atoms with E-state index in [1.54, 1.807) is 18.4 Å². The predicted octanol–water partition coefficient (Wildman–Crippen LogP) is 1.41. The summed E-state index contributed by atoms with van der Waals surface area (Å²) >= 11 is 0. The molecule has 0 saturated carbocycles. The molecular formula is C13H15N3O2. The highest BCUT2D eigenvalue weighted by Gasteiger charge is 2.20. The molecule has 5 nitrogen and oxygen atoms in total. The van der Waals surface area contributed by atoms with Crippen molar-refractivity contribution in [2.24, 2.45) is 0 Å². The van der Waals surface area contributed by atoms with Crippen LogP contribution >= 0.6 is 0 Å². The summed E-state index contributed by atoms with van der Waals surface area (Å²) in [6, 6.07) is 3.58. The molecule has 1 N–H and O–H groups in total. The molecule has 0 unspecified atom stereocenters. The van der Waals surface area contributed by atoms with Crippen LogP contribution in [0.1, 0.15) is 18.2 Å². The molecule has 0 radical (unpaired) electrons. The van der Waals surface area contributed by atoms with Crippen LogP contribution in [0.5, 0.6) is 0 Å². The Morgan fingerprint density at radius 1 is 1.56 bits per heavy atom. The van der Waals surface area contributed by atoms with Gasteiger partial charge in [0.2, 0.25) is 0 Å². The summed E-state index contributed by atoms with van der Waals surface area (Å²) in [5.74, 6) is 1.12. The van der Waals surface area contributed by atoms with Gasteiger partial charge in [0.25, 0.3) is 5.56 Å². The Balaban J connectivity index is 2.06. The molecule has 2 aromatic heterocycles. The monoisotopic (exact) mass is 245 g/mol. The first-order chi connectivity index (χ1) is 8.78. The fraction of sp³-hybridized carbons (Fsp3) is 0.385. The van der Waals surface area contributed by atoms with Gasteiger partial charge in [-0.15, -0.1) is 0 Å². The summed E-state index contributed by atoms with van der Waals surface area (Å²) in [4.78, 5) is 21.6. The maximum Gasteiger partial charge on any atom is 0.254 e. The van der Waals surface area contributed by atoms with Crippen LogP contribution in [-0.4, -0.2) is 28.0 Å². The first-order valence-corrected chi connectivity index (χ1v) is 6.16. The summed E-state index contributed by atoms with van der Waals surface area (Å²) in [6.07, 6.45) is 2.34. The van der Waals surface area contributed by atoms with Gasteiger partial charge in [0.1, 0.15) is 0 Å². The molecule has 0 bridgehead atoms. The molecule has 0 aliphatic carbocycles. The molecule has 5 heteroatoms. The Labute approximate surface area is 104 Å². The van der Waals surface area contributed by atoms with Crippen LogP contribution in [0, 0.1) is 0 Å². The van der Waals surface area contributed by atoms with Crippen LogP contribution in [0.4, 0.5) is 0 Å². The average Bonchev–Trinajstić information content (AvgIpc) is 2.91. The fourth-order valence-corrected chi connectivity index (χ4v) is 2.29. The van der Waals surface area contributed by atoms with E-state index in [9.17, 15) is 4.79 Å². The Hall–Kier alpha value is -1.88. The lowest BCUT2D eigenvalue weighted by Gasteiger charge is -2.26. The zero-order valence-corrected chi connectivity index (χ0v) is 10.3. The summed E-state index contributed by atoms with van der Waals surface area (Å²) in [6.45, 7) is 4.76. The minimum absolute atomic E-state index is 0.0397. The first kappa shape index (κ1) is 11.2. The predicted molar refractivity (Wildman–Crippen MR) is 67.2 cm³/mol. The maximum absolute atomic E-state index is 12.0. The third-order valence-electron chi connectivity index (χ3n) is 3.35. The van der Waals surface area contributed by atoms with Gasteiger partial charge in [0.15, 0.2) is 11.6 Å². The van der Waals surface area contributed by atoms with Crippen molar-refractivity contribution in [3.05, 3.63) is 40.0 Å². The molecule has 3 heterocycles. The van der Waals surface area contributed by atoms with E-state index >= 15 is 0 Å². The van der Waals surface area contributed by atoms with Crippen LogP contribution in [0.2, 0.25) is 0 Å². The number of hydrogen-bond donors (Lipinski definition) is 1. The first-order valence-electron chi connectivity index (χ1n) is 6.16. The number of hydrogen-bond acceptors (Lipinski definition) is 4. The van der Waals surface area contributed by atoms with Crippen LogP contribution in [0.15, 0.2) is 27.6 Å². The summed E-state index contributed by atoms with van der Waals surface area (Å²) in [5.41, 5.74) is 1.65. The molecule has 1 aliphatic rings. The van der Waals surface area contributed by atoms with E-state index in [4.69, 9.17) is 4.42 Å². The fourth-order valence-electron chi connectivity index (χ4n) is 2.29. The van der Waals surface area contributed by atoms with Gasteiger partial charge in [0, 0.05) is 18.7 Å². The van der Waals surface area contributed by atoms with Crippen molar-refractivity contribution >= 4 is 0 Å². The molecule has 1 aliphatic heterocycles. The number of furan rings is 1. The van der Waals surface area contributed by atoms with Crippen molar-refractivity contribution in [3.63, 3.8) is 0 Å². The van der Waals surface area contributed by atoms with E-state index in [1.165, 1.54) is 0 Å². The second kappa shape index (κ2) is 4.42. The lowest BCUT2D eigenvalue weighted by Crippen LogP contribution is -2.35. The topological polar surface area (TPSA) is 62.1 Å². The van der Waals surface area contributed by atoms with Crippen molar-refractivity contribution in [1.29, 1.82) is 0 Å². The number of rotatable bonds is 2. The molecule has 0 atom stereocenters. The molecular weight excluding hydrogens is 230 g/mol. The highest BCUT2D eigenvalue weighted by molar-refractivity contribution is 5.46. The highest BCUT2D eigenvalue weighted by atomic mass is 16.3. The quantitative estimate of drug-likeness (QED) is 0.869. The Bertz CT molecular complexity index is 601. The van der Waals surface area contributed by atoms with E-state index in [0.717, 1.165) is 37.3 Å². The second-order valence-electron chi connectivity index (χ2n) is 4.44. The number of H-pyrrole nitrogens is 1.